The fraction of sp³-hybridized carbons (Fsp3) is 0.438. The van der Waals surface area contributed by atoms with E-state index in [0.29, 0.717) is 45.0 Å². The number of hydrogen-bond acceptors (Lipinski definition) is 4. The van der Waals surface area contributed by atoms with Gasteiger partial charge in [0.2, 0.25) is 5.91 Å². The lowest BCUT2D eigenvalue weighted by Crippen LogP contribution is -2.46. The molecule has 0 saturated carbocycles. The standard InChI is InChI=1S/C16H20N4O3/c1-12(21)18-11-15-8-13(9-17)2-3-14(15)10-19-16(22)20-4-6-23-7-5-20/h2-3,8H,4-7,10-11H2,1H3,(H,18,21)(H,19,22). The largest absolute Gasteiger partial charge is 0.378 e. The molecule has 0 atom stereocenters. The topological polar surface area (TPSA) is 94.5 Å². The number of morpholine rings is 1. The van der Waals surface area contributed by atoms with Crippen molar-refractivity contribution in [3.8, 4) is 6.07 Å². The highest BCUT2D eigenvalue weighted by Gasteiger charge is 2.16. The van der Waals surface area contributed by atoms with Gasteiger partial charge in [0.25, 0.3) is 0 Å². The van der Waals surface area contributed by atoms with E-state index < -0.39 is 0 Å². The maximum Gasteiger partial charge on any atom is 0.317 e. The lowest BCUT2D eigenvalue weighted by atomic mass is 10.0. The highest BCUT2D eigenvalue weighted by Crippen LogP contribution is 2.12. The molecular weight excluding hydrogens is 296 g/mol. The molecule has 0 aromatic heterocycles. The number of nitriles is 1. The SMILES string of the molecule is CC(=O)NCc1cc(C#N)ccc1CNC(=O)N1CCOCC1. The summed E-state index contributed by atoms with van der Waals surface area (Å²) in [4.78, 5) is 24.9. The summed E-state index contributed by atoms with van der Waals surface area (Å²) in [6, 6.07) is 7.17. The Balaban J connectivity index is 2.01. The predicted octanol–water partition coefficient (Wildman–Crippen LogP) is 0.736. The van der Waals surface area contributed by atoms with Gasteiger partial charge in [-0.3, -0.25) is 4.79 Å². The van der Waals surface area contributed by atoms with Crippen LogP contribution in [0.4, 0.5) is 4.79 Å². The highest BCUT2D eigenvalue weighted by molar-refractivity contribution is 5.74. The maximum absolute atomic E-state index is 12.1. The van der Waals surface area contributed by atoms with E-state index in [4.69, 9.17) is 10.00 Å². The molecule has 1 saturated heterocycles. The van der Waals surface area contributed by atoms with E-state index in [1.54, 1.807) is 23.1 Å². The number of amides is 3. The van der Waals surface area contributed by atoms with Gasteiger partial charge in [-0.05, 0) is 23.3 Å². The van der Waals surface area contributed by atoms with Gasteiger partial charge in [0.15, 0.2) is 0 Å². The number of carbonyl (C=O) groups is 2. The van der Waals surface area contributed by atoms with Crippen LogP contribution in [-0.4, -0.2) is 43.1 Å². The second-order valence-electron chi connectivity index (χ2n) is 5.26. The lowest BCUT2D eigenvalue weighted by molar-refractivity contribution is -0.119. The minimum Gasteiger partial charge on any atom is -0.378 e. The van der Waals surface area contributed by atoms with Crippen molar-refractivity contribution in [2.45, 2.75) is 20.0 Å². The molecule has 7 heteroatoms. The fourth-order valence-electron chi connectivity index (χ4n) is 2.30. The Kier molecular flexibility index (Phi) is 5.94. The van der Waals surface area contributed by atoms with Gasteiger partial charge in [-0.1, -0.05) is 6.07 Å². The van der Waals surface area contributed by atoms with Crippen molar-refractivity contribution in [3.63, 3.8) is 0 Å². The third-order valence-corrected chi connectivity index (χ3v) is 3.59. The van der Waals surface area contributed by atoms with Crippen LogP contribution in [0.25, 0.3) is 0 Å². The molecule has 1 aromatic rings. The maximum atomic E-state index is 12.1. The quantitative estimate of drug-likeness (QED) is 0.856. The molecule has 1 aliphatic heterocycles. The third-order valence-electron chi connectivity index (χ3n) is 3.59. The van der Waals surface area contributed by atoms with Crippen LogP contribution < -0.4 is 10.6 Å². The van der Waals surface area contributed by atoms with Gasteiger partial charge in [-0.2, -0.15) is 5.26 Å². The van der Waals surface area contributed by atoms with Crippen molar-refractivity contribution in [1.29, 1.82) is 5.26 Å². The van der Waals surface area contributed by atoms with E-state index in [9.17, 15) is 9.59 Å². The van der Waals surface area contributed by atoms with Crippen molar-refractivity contribution in [2.24, 2.45) is 0 Å². The Morgan fingerprint density at radius 2 is 1.91 bits per heavy atom. The number of nitrogens with one attached hydrogen (secondary N) is 2. The van der Waals surface area contributed by atoms with Crippen molar-refractivity contribution >= 4 is 11.9 Å². The molecule has 3 amide bonds. The van der Waals surface area contributed by atoms with Crippen LogP contribution in [0.5, 0.6) is 0 Å². The lowest BCUT2D eigenvalue weighted by Gasteiger charge is -2.27. The summed E-state index contributed by atoms with van der Waals surface area (Å²) < 4.78 is 5.22. The monoisotopic (exact) mass is 316 g/mol. The average Bonchev–Trinajstić information content (AvgIpc) is 2.58. The second kappa shape index (κ2) is 8.15. The van der Waals surface area contributed by atoms with Gasteiger partial charge in [0.1, 0.15) is 0 Å². The number of carbonyl (C=O) groups excluding carboxylic acids is 2. The van der Waals surface area contributed by atoms with Crippen molar-refractivity contribution < 1.29 is 14.3 Å². The molecule has 1 aromatic carbocycles. The first-order valence-electron chi connectivity index (χ1n) is 7.47. The summed E-state index contributed by atoms with van der Waals surface area (Å²) in [7, 11) is 0. The molecule has 122 valence electrons. The number of nitrogens with zero attached hydrogens (tertiary/aromatic N) is 2. The first-order valence-corrected chi connectivity index (χ1v) is 7.47. The van der Waals surface area contributed by atoms with Gasteiger partial charge in [-0.15, -0.1) is 0 Å². The van der Waals surface area contributed by atoms with Crippen LogP contribution in [0.3, 0.4) is 0 Å². The molecule has 2 rings (SSSR count). The van der Waals surface area contributed by atoms with Crippen LogP contribution in [0.2, 0.25) is 0 Å². The number of rotatable bonds is 4. The number of hydrogen-bond donors (Lipinski definition) is 2. The molecule has 0 unspecified atom stereocenters. The van der Waals surface area contributed by atoms with Crippen molar-refractivity contribution in [3.05, 3.63) is 34.9 Å². The third kappa shape index (κ3) is 4.97. The summed E-state index contributed by atoms with van der Waals surface area (Å²) in [5, 5.41) is 14.6. The van der Waals surface area contributed by atoms with E-state index in [-0.39, 0.29) is 11.9 Å². The average molecular weight is 316 g/mol. The Morgan fingerprint density at radius 3 is 2.57 bits per heavy atom. The number of benzene rings is 1. The molecule has 0 bridgehead atoms. The van der Waals surface area contributed by atoms with Crippen molar-refractivity contribution in [2.75, 3.05) is 26.3 Å². The van der Waals surface area contributed by atoms with Gasteiger partial charge in [0.05, 0.1) is 24.8 Å². The van der Waals surface area contributed by atoms with E-state index in [2.05, 4.69) is 16.7 Å². The zero-order chi connectivity index (χ0) is 16.7. The zero-order valence-corrected chi connectivity index (χ0v) is 13.1. The Bertz CT molecular complexity index is 618. The molecule has 0 spiro atoms. The van der Waals surface area contributed by atoms with Gasteiger partial charge < -0.3 is 20.3 Å². The second-order valence-corrected chi connectivity index (χ2v) is 5.26. The number of urea groups is 1. The molecule has 23 heavy (non-hydrogen) atoms. The van der Waals surface area contributed by atoms with Crippen LogP contribution >= 0.6 is 0 Å². The first-order chi connectivity index (χ1) is 11.1. The van der Waals surface area contributed by atoms with E-state index in [1.807, 2.05) is 0 Å². The van der Waals surface area contributed by atoms with E-state index in [1.165, 1.54) is 6.92 Å². The molecule has 2 N–H and O–H groups in total. The number of ether oxygens (including phenoxy) is 1. The van der Waals surface area contributed by atoms with Crippen molar-refractivity contribution in [1.82, 2.24) is 15.5 Å². The highest BCUT2D eigenvalue weighted by atomic mass is 16.5. The normalized spacial score (nSPS) is 14.0. The molecular formula is C16H20N4O3. The molecule has 0 radical (unpaired) electrons. The van der Waals surface area contributed by atoms with Gasteiger partial charge in [-0.25, -0.2) is 4.79 Å². The van der Waals surface area contributed by atoms with E-state index >= 15 is 0 Å². The molecule has 7 nitrogen and oxygen atoms in total. The summed E-state index contributed by atoms with van der Waals surface area (Å²) in [6.45, 7) is 4.38. The van der Waals surface area contributed by atoms with E-state index in [0.717, 1.165) is 11.1 Å². The minimum atomic E-state index is -0.143. The van der Waals surface area contributed by atoms with Crippen LogP contribution in [0, 0.1) is 11.3 Å². The van der Waals surface area contributed by atoms with Crippen LogP contribution in [-0.2, 0) is 22.6 Å². The summed E-state index contributed by atoms with van der Waals surface area (Å²) >= 11 is 0. The summed E-state index contributed by atoms with van der Waals surface area (Å²) in [5.41, 5.74) is 2.22. The van der Waals surface area contributed by atoms with Crippen LogP contribution in [0.1, 0.15) is 23.6 Å². The zero-order valence-electron chi connectivity index (χ0n) is 13.1. The molecule has 1 fully saturated rings. The summed E-state index contributed by atoms with van der Waals surface area (Å²) in [6.07, 6.45) is 0. The Hall–Kier alpha value is -2.59. The predicted molar refractivity (Wildman–Crippen MR) is 83.3 cm³/mol. The summed E-state index contributed by atoms with van der Waals surface area (Å²) in [5.74, 6) is -0.143. The fourth-order valence-corrected chi connectivity index (χ4v) is 2.30. The first kappa shape index (κ1) is 16.8. The van der Waals surface area contributed by atoms with Gasteiger partial charge >= 0.3 is 6.03 Å². The smallest absolute Gasteiger partial charge is 0.317 e. The van der Waals surface area contributed by atoms with Gasteiger partial charge in [0, 0.05) is 33.1 Å². The Labute approximate surface area is 135 Å². The molecule has 0 aliphatic carbocycles. The Morgan fingerprint density at radius 1 is 1.22 bits per heavy atom. The molecule has 1 heterocycles. The van der Waals surface area contributed by atoms with Crippen LogP contribution in [0.15, 0.2) is 18.2 Å². The minimum absolute atomic E-state index is 0.136. The molecule has 1 aliphatic rings.